The predicted molar refractivity (Wildman–Crippen MR) is 129 cm³/mol. The van der Waals surface area contributed by atoms with Crippen LogP contribution in [0.2, 0.25) is 0 Å². The number of anilines is 1. The van der Waals surface area contributed by atoms with Crippen molar-refractivity contribution < 1.29 is 14.3 Å². The maximum absolute atomic E-state index is 12.7. The Morgan fingerprint density at radius 1 is 0.844 bits per heavy atom. The molecule has 1 N–H and O–H groups in total. The van der Waals surface area contributed by atoms with Crippen molar-refractivity contribution in [2.24, 2.45) is 0 Å². The number of hydrogen-bond acceptors (Lipinski definition) is 4. The van der Waals surface area contributed by atoms with Gasteiger partial charge in [0.05, 0.1) is 29.2 Å². The van der Waals surface area contributed by atoms with Crippen LogP contribution in [0.1, 0.15) is 73.9 Å². The molecule has 5 heteroatoms. The maximum atomic E-state index is 12.7. The Bertz CT molecular complexity index is 1040. The number of carbonyl (C=O) groups is 1. The van der Waals surface area contributed by atoms with E-state index in [0.717, 1.165) is 11.4 Å². The number of rotatable bonds is 8. The van der Waals surface area contributed by atoms with Crippen LogP contribution in [0.3, 0.4) is 0 Å². The van der Waals surface area contributed by atoms with E-state index in [0.29, 0.717) is 28.6 Å². The summed E-state index contributed by atoms with van der Waals surface area (Å²) in [5.41, 5.74) is 3.99. The summed E-state index contributed by atoms with van der Waals surface area (Å²) in [6.07, 6.45) is -0.0126. The zero-order valence-corrected chi connectivity index (χ0v) is 19.7. The number of ether oxygens (including phenoxy) is 2. The van der Waals surface area contributed by atoms with Gasteiger partial charge in [0.25, 0.3) is 5.91 Å². The Morgan fingerprint density at radius 3 is 1.97 bits per heavy atom. The van der Waals surface area contributed by atoms with Gasteiger partial charge >= 0.3 is 0 Å². The molecule has 1 amide bonds. The molecule has 32 heavy (non-hydrogen) atoms. The molecule has 1 heterocycles. The molecule has 1 atom stereocenters. The molecule has 1 unspecified atom stereocenters. The summed E-state index contributed by atoms with van der Waals surface area (Å²) in [5, 5.41) is 2.93. The molecule has 1 aromatic heterocycles. The van der Waals surface area contributed by atoms with E-state index in [1.54, 1.807) is 6.07 Å². The third-order valence-electron chi connectivity index (χ3n) is 5.14. The van der Waals surface area contributed by atoms with Crippen molar-refractivity contribution in [1.29, 1.82) is 0 Å². The summed E-state index contributed by atoms with van der Waals surface area (Å²) in [6, 6.07) is 19.1. The van der Waals surface area contributed by atoms with Crippen molar-refractivity contribution in [3.8, 4) is 11.5 Å². The first kappa shape index (κ1) is 23.5. The van der Waals surface area contributed by atoms with Crippen molar-refractivity contribution in [2.75, 3.05) is 5.32 Å². The van der Waals surface area contributed by atoms with E-state index in [9.17, 15) is 4.79 Å². The normalized spacial score (nSPS) is 12.1. The first-order chi connectivity index (χ1) is 15.2. The summed E-state index contributed by atoms with van der Waals surface area (Å²) in [4.78, 5) is 17.3. The SMILES string of the molecule is Cc1nc(C(C)OC(C)C)ccc1C(=O)Nc1ccc(Oc2ccc(C(C)C)cc2)cc1. The van der Waals surface area contributed by atoms with Gasteiger partial charge in [-0.2, -0.15) is 0 Å². The lowest BCUT2D eigenvalue weighted by Crippen LogP contribution is -2.16. The van der Waals surface area contributed by atoms with Crippen LogP contribution in [0.4, 0.5) is 5.69 Å². The highest BCUT2D eigenvalue weighted by Crippen LogP contribution is 2.25. The van der Waals surface area contributed by atoms with E-state index >= 15 is 0 Å². The Hall–Kier alpha value is -3.18. The smallest absolute Gasteiger partial charge is 0.257 e. The molecule has 3 aromatic rings. The van der Waals surface area contributed by atoms with Crippen molar-refractivity contribution in [1.82, 2.24) is 4.98 Å². The van der Waals surface area contributed by atoms with E-state index in [4.69, 9.17) is 9.47 Å². The number of benzene rings is 2. The second kappa shape index (κ2) is 10.4. The van der Waals surface area contributed by atoms with Gasteiger partial charge in [0.1, 0.15) is 11.5 Å². The lowest BCUT2D eigenvalue weighted by molar-refractivity contribution is 0.0154. The average Bonchev–Trinajstić information content (AvgIpc) is 2.75. The number of aryl methyl sites for hydroxylation is 1. The third kappa shape index (κ3) is 6.17. The summed E-state index contributed by atoms with van der Waals surface area (Å²) in [5.74, 6) is 1.78. The number of hydrogen-bond donors (Lipinski definition) is 1. The molecular weight excluding hydrogens is 400 g/mol. The van der Waals surface area contributed by atoms with E-state index in [-0.39, 0.29) is 18.1 Å². The first-order valence-electron chi connectivity index (χ1n) is 11.0. The van der Waals surface area contributed by atoms with Crippen LogP contribution in [-0.4, -0.2) is 17.0 Å². The minimum absolute atomic E-state index is 0.112. The molecule has 0 radical (unpaired) electrons. The van der Waals surface area contributed by atoms with Crippen molar-refractivity contribution in [3.05, 3.63) is 83.2 Å². The van der Waals surface area contributed by atoms with Gasteiger partial charge in [-0.3, -0.25) is 9.78 Å². The third-order valence-corrected chi connectivity index (χ3v) is 5.14. The van der Waals surface area contributed by atoms with Crippen LogP contribution < -0.4 is 10.1 Å². The molecule has 3 rings (SSSR count). The largest absolute Gasteiger partial charge is 0.457 e. The second-order valence-corrected chi connectivity index (χ2v) is 8.50. The average molecular weight is 433 g/mol. The molecule has 5 nitrogen and oxygen atoms in total. The van der Waals surface area contributed by atoms with E-state index in [2.05, 4.69) is 36.3 Å². The number of aromatic nitrogens is 1. The Labute approximate surface area is 190 Å². The Morgan fingerprint density at radius 2 is 1.44 bits per heavy atom. The molecule has 0 spiro atoms. The number of carbonyl (C=O) groups excluding carboxylic acids is 1. The van der Waals surface area contributed by atoms with E-state index in [1.807, 2.05) is 70.2 Å². The van der Waals surface area contributed by atoms with Gasteiger partial charge < -0.3 is 14.8 Å². The van der Waals surface area contributed by atoms with Crippen LogP contribution in [-0.2, 0) is 4.74 Å². The standard InChI is InChI=1S/C27H32N2O3/c1-17(2)21-7-11-23(12-8-21)32-24-13-9-22(10-14-24)29-27(30)25-15-16-26(28-19(25)5)20(6)31-18(3)4/h7-18,20H,1-6H3,(H,29,30). The first-order valence-corrected chi connectivity index (χ1v) is 11.0. The number of pyridine rings is 1. The Balaban J connectivity index is 1.63. The van der Waals surface area contributed by atoms with Gasteiger partial charge in [0, 0.05) is 5.69 Å². The zero-order chi connectivity index (χ0) is 23.3. The maximum Gasteiger partial charge on any atom is 0.257 e. The van der Waals surface area contributed by atoms with Crippen molar-refractivity contribution in [3.63, 3.8) is 0 Å². The van der Waals surface area contributed by atoms with Gasteiger partial charge in [0.2, 0.25) is 0 Å². The van der Waals surface area contributed by atoms with E-state index < -0.39 is 0 Å². The number of amides is 1. The molecule has 0 fully saturated rings. The van der Waals surface area contributed by atoms with Gasteiger partial charge in [0.15, 0.2) is 0 Å². The molecule has 168 valence electrons. The van der Waals surface area contributed by atoms with Crippen molar-refractivity contribution in [2.45, 2.75) is 59.7 Å². The van der Waals surface area contributed by atoms with Crippen LogP contribution >= 0.6 is 0 Å². The van der Waals surface area contributed by atoms with Crippen molar-refractivity contribution >= 4 is 11.6 Å². The molecule has 0 bridgehead atoms. The highest BCUT2D eigenvalue weighted by Gasteiger charge is 2.15. The summed E-state index contributed by atoms with van der Waals surface area (Å²) in [6.45, 7) is 12.1. The van der Waals surface area contributed by atoms with Gasteiger partial charge in [-0.1, -0.05) is 26.0 Å². The zero-order valence-electron chi connectivity index (χ0n) is 19.7. The van der Waals surface area contributed by atoms with Crippen LogP contribution in [0.15, 0.2) is 60.7 Å². The molecule has 2 aromatic carbocycles. The lowest BCUT2D eigenvalue weighted by Gasteiger charge is -2.17. The van der Waals surface area contributed by atoms with Crippen LogP contribution in [0.5, 0.6) is 11.5 Å². The summed E-state index contributed by atoms with van der Waals surface area (Å²) >= 11 is 0. The quantitative estimate of drug-likeness (QED) is 0.414. The molecule has 0 aliphatic rings. The topological polar surface area (TPSA) is 60.5 Å². The Kier molecular flexibility index (Phi) is 7.65. The van der Waals surface area contributed by atoms with E-state index in [1.165, 1.54) is 5.56 Å². The molecule has 0 saturated carbocycles. The summed E-state index contributed by atoms with van der Waals surface area (Å²) < 4.78 is 11.7. The fraction of sp³-hybridized carbons (Fsp3) is 0.333. The fourth-order valence-electron chi connectivity index (χ4n) is 3.39. The minimum atomic E-state index is -0.197. The highest BCUT2D eigenvalue weighted by atomic mass is 16.5. The molecular formula is C27H32N2O3. The number of nitrogens with zero attached hydrogens (tertiary/aromatic N) is 1. The van der Waals surface area contributed by atoms with Gasteiger partial charge in [-0.05, 0) is 87.7 Å². The molecule has 0 aliphatic heterocycles. The van der Waals surface area contributed by atoms with Crippen LogP contribution in [0.25, 0.3) is 0 Å². The lowest BCUT2D eigenvalue weighted by atomic mass is 10.0. The minimum Gasteiger partial charge on any atom is -0.457 e. The highest BCUT2D eigenvalue weighted by molar-refractivity contribution is 6.05. The predicted octanol–water partition coefficient (Wildman–Crippen LogP) is 7.04. The second-order valence-electron chi connectivity index (χ2n) is 8.50. The number of nitrogens with one attached hydrogen (secondary N) is 1. The summed E-state index contributed by atoms with van der Waals surface area (Å²) in [7, 11) is 0. The molecule has 0 aliphatic carbocycles. The van der Waals surface area contributed by atoms with Crippen LogP contribution in [0, 0.1) is 6.92 Å². The fourth-order valence-corrected chi connectivity index (χ4v) is 3.39. The van der Waals surface area contributed by atoms with Gasteiger partial charge in [-0.15, -0.1) is 0 Å². The van der Waals surface area contributed by atoms with Gasteiger partial charge in [-0.25, -0.2) is 0 Å². The molecule has 0 saturated heterocycles. The monoisotopic (exact) mass is 432 g/mol.